The SMILES string of the molecule is CCC1=CC(c2ccc(S(=O)(=O)N3CCN(CCO)CC3)s2)=C(C)NC1. The number of aliphatic hydroxyl groups excluding tert-OH is 1. The third-order valence-corrected chi connectivity index (χ3v) is 8.46. The Hall–Kier alpha value is -1.19. The van der Waals surface area contributed by atoms with Crippen molar-refractivity contribution in [1.82, 2.24) is 14.5 Å². The Morgan fingerprint density at radius 1 is 1.23 bits per heavy atom. The summed E-state index contributed by atoms with van der Waals surface area (Å²) in [6.45, 7) is 8.00. The van der Waals surface area contributed by atoms with Gasteiger partial charge < -0.3 is 10.4 Å². The molecule has 0 spiro atoms. The number of allylic oxidation sites excluding steroid dienone is 3. The highest BCUT2D eigenvalue weighted by Crippen LogP contribution is 2.33. The second-order valence-electron chi connectivity index (χ2n) is 6.64. The number of nitrogens with one attached hydrogen (secondary N) is 1. The molecular weight excluding hydrogens is 370 g/mol. The maximum Gasteiger partial charge on any atom is 0.252 e. The molecule has 1 aromatic heterocycles. The van der Waals surface area contributed by atoms with Crippen LogP contribution in [0.25, 0.3) is 5.57 Å². The van der Waals surface area contributed by atoms with Crippen molar-refractivity contribution in [1.29, 1.82) is 0 Å². The standard InChI is InChI=1S/C18H27N3O3S2/c1-3-15-12-16(14(2)19-13-15)17-4-5-18(25-17)26(23,24)21-8-6-20(7-9-21)10-11-22/h4-5,12,19,22H,3,6-11,13H2,1-2H3. The molecule has 1 fully saturated rings. The summed E-state index contributed by atoms with van der Waals surface area (Å²) in [6.07, 6.45) is 3.17. The summed E-state index contributed by atoms with van der Waals surface area (Å²) in [7, 11) is -3.46. The first-order valence-electron chi connectivity index (χ1n) is 9.03. The van der Waals surface area contributed by atoms with E-state index in [2.05, 4.69) is 23.2 Å². The van der Waals surface area contributed by atoms with Crippen LogP contribution < -0.4 is 5.32 Å². The minimum absolute atomic E-state index is 0.108. The fraction of sp³-hybridized carbons (Fsp3) is 0.556. The van der Waals surface area contributed by atoms with Crippen molar-refractivity contribution in [3.63, 3.8) is 0 Å². The van der Waals surface area contributed by atoms with Crippen molar-refractivity contribution in [2.75, 3.05) is 45.9 Å². The van der Waals surface area contributed by atoms with Crippen LogP contribution in [0.5, 0.6) is 0 Å². The minimum Gasteiger partial charge on any atom is -0.395 e. The van der Waals surface area contributed by atoms with E-state index in [0.717, 1.165) is 29.1 Å². The average molecular weight is 398 g/mol. The zero-order valence-corrected chi connectivity index (χ0v) is 17.0. The van der Waals surface area contributed by atoms with Gasteiger partial charge in [-0.1, -0.05) is 18.6 Å². The largest absolute Gasteiger partial charge is 0.395 e. The molecule has 2 N–H and O–H groups in total. The number of sulfonamides is 1. The number of β-amino-alcohol motifs (C(OH)–C–C–N with tert-alkyl or cyclic N) is 1. The molecule has 0 radical (unpaired) electrons. The molecule has 0 unspecified atom stereocenters. The number of aliphatic hydroxyl groups is 1. The average Bonchev–Trinajstić information content (AvgIpc) is 3.14. The Balaban J connectivity index is 1.78. The van der Waals surface area contributed by atoms with Crippen LogP contribution in [0.2, 0.25) is 0 Å². The van der Waals surface area contributed by atoms with Gasteiger partial charge in [-0.15, -0.1) is 11.3 Å². The van der Waals surface area contributed by atoms with Crippen molar-refractivity contribution in [3.8, 4) is 0 Å². The molecule has 0 atom stereocenters. The second kappa shape index (κ2) is 8.22. The van der Waals surface area contributed by atoms with Gasteiger partial charge in [-0.3, -0.25) is 4.90 Å². The Morgan fingerprint density at radius 2 is 1.96 bits per heavy atom. The third kappa shape index (κ3) is 4.04. The van der Waals surface area contributed by atoms with Gasteiger partial charge in [-0.2, -0.15) is 4.31 Å². The molecule has 0 aliphatic carbocycles. The van der Waals surface area contributed by atoms with E-state index in [1.165, 1.54) is 16.9 Å². The Kier molecular flexibility index (Phi) is 6.19. The van der Waals surface area contributed by atoms with Gasteiger partial charge in [0.15, 0.2) is 0 Å². The molecule has 0 amide bonds. The highest BCUT2D eigenvalue weighted by atomic mass is 32.2. The van der Waals surface area contributed by atoms with Gasteiger partial charge in [-0.05, 0) is 25.5 Å². The zero-order chi connectivity index (χ0) is 18.7. The molecule has 6 nitrogen and oxygen atoms in total. The van der Waals surface area contributed by atoms with E-state index < -0.39 is 10.0 Å². The van der Waals surface area contributed by atoms with Gasteiger partial charge in [0.05, 0.1) is 6.61 Å². The first-order chi connectivity index (χ1) is 12.5. The van der Waals surface area contributed by atoms with Crippen LogP contribution in [0.15, 0.2) is 33.7 Å². The molecule has 1 saturated heterocycles. The van der Waals surface area contributed by atoms with Crippen LogP contribution in [-0.2, 0) is 10.0 Å². The highest BCUT2D eigenvalue weighted by Gasteiger charge is 2.30. The quantitative estimate of drug-likeness (QED) is 0.765. The van der Waals surface area contributed by atoms with E-state index in [0.29, 0.717) is 36.9 Å². The molecule has 3 rings (SSSR count). The summed E-state index contributed by atoms with van der Waals surface area (Å²) >= 11 is 1.34. The predicted molar refractivity (Wildman–Crippen MR) is 106 cm³/mol. The Bertz CT molecular complexity index is 803. The Labute approximate surface area is 159 Å². The van der Waals surface area contributed by atoms with Crippen LogP contribution in [0, 0.1) is 0 Å². The smallest absolute Gasteiger partial charge is 0.252 e. The fourth-order valence-electron chi connectivity index (χ4n) is 3.25. The summed E-state index contributed by atoms with van der Waals surface area (Å²) < 4.78 is 27.9. The van der Waals surface area contributed by atoms with Crippen LogP contribution in [-0.4, -0.2) is 68.6 Å². The lowest BCUT2D eigenvalue weighted by Gasteiger charge is -2.33. The van der Waals surface area contributed by atoms with E-state index in [4.69, 9.17) is 5.11 Å². The van der Waals surface area contributed by atoms with Crippen molar-refractivity contribution < 1.29 is 13.5 Å². The molecule has 26 heavy (non-hydrogen) atoms. The van der Waals surface area contributed by atoms with Crippen LogP contribution >= 0.6 is 11.3 Å². The topological polar surface area (TPSA) is 72.9 Å². The molecule has 2 aliphatic heterocycles. The van der Waals surface area contributed by atoms with Crippen LogP contribution in [0.1, 0.15) is 25.1 Å². The van der Waals surface area contributed by atoms with Crippen molar-refractivity contribution in [3.05, 3.63) is 34.4 Å². The molecular formula is C18H27N3O3S2. The maximum atomic E-state index is 13.0. The van der Waals surface area contributed by atoms with Gasteiger partial charge in [0.2, 0.25) is 0 Å². The van der Waals surface area contributed by atoms with E-state index in [-0.39, 0.29) is 6.61 Å². The summed E-state index contributed by atoms with van der Waals surface area (Å²) in [6, 6.07) is 3.64. The lowest BCUT2D eigenvalue weighted by molar-refractivity contribution is 0.151. The summed E-state index contributed by atoms with van der Waals surface area (Å²) in [4.78, 5) is 3.07. The minimum atomic E-state index is -3.46. The number of rotatable bonds is 6. The maximum absolute atomic E-state index is 13.0. The number of hydrogen-bond acceptors (Lipinski definition) is 6. The molecule has 0 saturated carbocycles. The fourth-order valence-corrected chi connectivity index (χ4v) is 6.21. The lowest BCUT2D eigenvalue weighted by atomic mass is 10.0. The number of nitrogens with zero attached hydrogens (tertiary/aromatic N) is 2. The predicted octanol–water partition coefficient (Wildman–Crippen LogP) is 1.72. The summed E-state index contributed by atoms with van der Waals surface area (Å²) in [5.41, 5.74) is 3.50. The van der Waals surface area contributed by atoms with E-state index in [9.17, 15) is 8.42 Å². The molecule has 0 aromatic carbocycles. The van der Waals surface area contributed by atoms with Crippen molar-refractivity contribution >= 4 is 26.9 Å². The summed E-state index contributed by atoms with van der Waals surface area (Å²) in [5, 5.41) is 12.4. The molecule has 2 aliphatic rings. The zero-order valence-electron chi connectivity index (χ0n) is 15.4. The molecule has 1 aromatic rings. The van der Waals surface area contributed by atoms with Crippen LogP contribution in [0.4, 0.5) is 0 Å². The molecule has 144 valence electrons. The van der Waals surface area contributed by atoms with Crippen molar-refractivity contribution in [2.24, 2.45) is 0 Å². The van der Waals surface area contributed by atoms with E-state index >= 15 is 0 Å². The third-order valence-electron chi connectivity index (χ3n) is 4.98. The monoisotopic (exact) mass is 397 g/mol. The van der Waals surface area contributed by atoms with Crippen molar-refractivity contribution in [2.45, 2.75) is 24.5 Å². The van der Waals surface area contributed by atoms with E-state index in [1.54, 1.807) is 10.4 Å². The Morgan fingerprint density at radius 3 is 2.62 bits per heavy atom. The van der Waals surface area contributed by atoms with Gasteiger partial charge >= 0.3 is 0 Å². The lowest BCUT2D eigenvalue weighted by Crippen LogP contribution is -2.49. The number of dihydropyridines is 1. The number of piperazine rings is 1. The number of hydrogen-bond donors (Lipinski definition) is 2. The van der Waals surface area contributed by atoms with Gasteiger partial charge in [-0.25, -0.2) is 8.42 Å². The summed E-state index contributed by atoms with van der Waals surface area (Å²) in [5.74, 6) is 0. The van der Waals surface area contributed by atoms with E-state index in [1.807, 2.05) is 13.0 Å². The van der Waals surface area contributed by atoms with Crippen LogP contribution in [0.3, 0.4) is 0 Å². The molecule has 8 heteroatoms. The van der Waals surface area contributed by atoms with Gasteiger partial charge in [0.1, 0.15) is 4.21 Å². The molecule has 0 bridgehead atoms. The first kappa shape index (κ1) is 19.6. The first-order valence-corrected chi connectivity index (χ1v) is 11.3. The normalized spacial score (nSPS) is 20.2. The van der Waals surface area contributed by atoms with Gasteiger partial charge in [0, 0.05) is 55.4 Å². The molecule has 3 heterocycles. The highest BCUT2D eigenvalue weighted by molar-refractivity contribution is 7.91. The number of thiophene rings is 1. The second-order valence-corrected chi connectivity index (χ2v) is 9.88. The van der Waals surface area contributed by atoms with Gasteiger partial charge in [0.25, 0.3) is 10.0 Å².